The van der Waals surface area contributed by atoms with E-state index in [1.165, 1.54) is 0 Å². The molecule has 3 fully saturated rings. The van der Waals surface area contributed by atoms with Gasteiger partial charge in [-0.25, -0.2) is 9.59 Å². The number of hydrogen-bond donors (Lipinski definition) is 2. The number of carbonyl (C=O) groups is 3. The molecule has 10 nitrogen and oxygen atoms in total. The van der Waals surface area contributed by atoms with Gasteiger partial charge in [-0.3, -0.25) is 9.69 Å². The van der Waals surface area contributed by atoms with Gasteiger partial charge in [-0.1, -0.05) is 41.9 Å². The highest BCUT2D eigenvalue weighted by atomic mass is 35.5. The molecule has 3 saturated heterocycles. The molecule has 45 heavy (non-hydrogen) atoms. The predicted molar refractivity (Wildman–Crippen MR) is 175 cm³/mol. The topological polar surface area (TPSA) is 97.5 Å². The van der Waals surface area contributed by atoms with Crippen molar-refractivity contribution in [2.45, 2.75) is 63.6 Å². The van der Waals surface area contributed by atoms with E-state index >= 15 is 0 Å². The van der Waals surface area contributed by atoms with Crippen molar-refractivity contribution < 1.29 is 19.1 Å². The Bertz CT molecular complexity index is 1370. The number of benzene rings is 2. The minimum Gasteiger partial charge on any atom is -0.436 e. The molecule has 1 atom stereocenters. The lowest BCUT2D eigenvalue weighted by atomic mass is 10.00. The van der Waals surface area contributed by atoms with Crippen LogP contribution >= 0.6 is 11.6 Å². The molecule has 242 valence electrons. The van der Waals surface area contributed by atoms with Gasteiger partial charge in [-0.05, 0) is 67.9 Å². The zero-order chi connectivity index (χ0) is 31.3. The minimum absolute atomic E-state index is 0.0347. The first kappa shape index (κ1) is 31.6. The standard InChI is InChI=1S/C34H45ClN6O4/c1-24-6-7-25(22-29(24)35)23-31(32(42)39-15-9-27(10-16-39)38-20-13-36-14-21-38)45-34(44)40-17-11-28(12-18-40)41-19-8-26-4-2-3-5-30(26)37-33(41)43/h2-7,22,27-28,31,36H,8-21,23H2,1H3,(H,37,43)/t31-/m1/s1. The van der Waals surface area contributed by atoms with Crippen LogP contribution < -0.4 is 10.6 Å². The summed E-state index contributed by atoms with van der Waals surface area (Å²) in [5, 5.41) is 7.09. The normalized spacial score (nSPS) is 21.1. The van der Waals surface area contributed by atoms with Gasteiger partial charge in [-0.15, -0.1) is 0 Å². The maximum atomic E-state index is 13.9. The van der Waals surface area contributed by atoms with E-state index in [0.29, 0.717) is 56.6 Å². The third-order valence-electron chi connectivity index (χ3n) is 9.93. The lowest BCUT2D eigenvalue weighted by molar-refractivity contribution is -0.142. The molecule has 0 unspecified atom stereocenters. The summed E-state index contributed by atoms with van der Waals surface area (Å²) in [7, 11) is 0. The fourth-order valence-electron chi connectivity index (χ4n) is 7.15. The van der Waals surface area contributed by atoms with Gasteiger partial charge < -0.3 is 30.1 Å². The number of carbonyl (C=O) groups excluding carboxylic acids is 3. The van der Waals surface area contributed by atoms with Crippen molar-refractivity contribution in [2.24, 2.45) is 0 Å². The first-order chi connectivity index (χ1) is 21.9. The fourth-order valence-corrected chi connectivity index (χ4v) is 7.36. The number of halogens is 1. The number of rotatable bonds is 6. The number of aryl methyl sites for hydroxylation is 1. The SMILES string of the molecule is Cc1ccc(C[C@@H](OC(=O)N2CCC(N3CCc4ccccc4NC3=O)CC2)C(=O)N2CCC(N3CCNCC3)CC2)cc1Cl. The van der Waals surface area contributed by atoms with E-state index in [0.717, 1.165) is 67.8 Å². The zero-order valence-electron chi connectivity index (χ0n) is 26.2. The number of amides is 4. The third kappa shape index (κ3) is 7.56. The molecule has 0 aliphatic carbocycles. The average molecular weight is 637 g/mol. The van der Waals surface area contributed by atoms with Crippen molar-refractivity contribution in [3.05, 3.63) is 64.2 Å². The molecule has 2 aromatic rings. The Balaban J connectivity index is 1.07. The summed E-state index contributed by atoms with van der Waals surface area (Å²) >= 11 is 6.41. The maximum absolute atomic E-state index is 13.9. The van der Waals surface area contributed by atoms with Gasteiger partial charge >= 0.3 is 12.1 Å². The van der Waals surface area contributed by atoms with Gasteiger partial charge in [0.05, 0.1) is 0 Å². The number of hydrogen-bond acceptors (Lipinski definition) is 6. The zero-order valence-corrected chi connectivity index (χ0v) is 26.9. The summed E-state index contributed by atoms with van der Waals surface area (Å²) in [4.78, 5) is 48.4. The fraction of sp³-hybridized carbons (Fsp3) is 0.559. The summed E-state index contributed by atoms with van der Waals surface area (Å²) < 4.78 is 6.03. The van der Waals surface area contributed by atoms with Crippen LogP contribution in [0.1, 0.15) is 42.4 Å². The predicted octanol–water partition coefficient (Wildman–Crippen LogP) is 4.15. The van der Waals surface area contributed by atoms with Gasteiger partial charge in [0.15, 0.2) is 6.10 Å². The molecule has 4 heterocycles. The molecule has 0 radical (unpaired) electrons. The summed E-state index contributed by atoms with van der Waals surface area (Å²) in [6.45, 7) is 8.92. The number of ether oxygens (including phenoxy) is 1. The summed E-state index contributed by atoms with van der Waals surface area (Å²) in [5.41, 5.74) is 3.82. The highest BCUT2D eigenvalue weighted by molar-refractivity contribution is 6.31. The van der Waals surface area contributed by atoms with E-state index in [2.05, 4.69) is 21.6 Å². The second-order valence-electron chi connectivity index (χ2n) is 12.8. The maximum Gasteiger partial charge on any atom is 0.410 e. The van der Waals surface area contributed by atoms with E-state index in [-0.39, 0.29) is 24.4 Å². The van der Waals surface area contributed by atoms with Crippen molar-refractivity contribution in [3.63, 3.8) is 0 Å². The third-order valence-corrected chi connectivity index (χ3v) is 10.3. The Kier molecular flexibility index (Phi) is 10.1. The number of piperazine rings is 1. The monoisotopic (exact) mass is 636 g/mol. The Morgan fingerprint density at radius 3 is 2.33 bits per heavy atom. The molecule has 2 N–H and O–H groups in total. The molecule has 0 spiro atoms. The van der Waals surface area contributed by atoms with Crippen molar-refractivity contribution in [1.29, 1.82) is 0 Å². The van der Waals surface area contributed by atoms with E-state index in [4.69, 9.17) is 16.3 Å². The molecule has 2 aromatic carbocycles. The van der Waals surface area contributed by atoms with Crippen LogP contribution in [0.5, 0.6) is 0 Å². The second kappa shape index (κ2) is 14.4. The molecule has 0 aromatic heterocycles. The molecule has 11 heteroatoms. The van der Waals surface area contributed by atoms with E-state index < -0.39 is 12.2 Å². The van der Waals surface area contributed by atoms with E-state index in [9.17, 15) is 14.4 Å². The van der Waals surface area contributed by atoms with Gasteiger partial charge in [0, 0.05) is 88.1 Å². The number of urea groups is 1. The molecule has 6 rings (SSSR count). The van der Waals surface area contributed by atoms with Crippen LogP contribution in [0.15, 0.2) is 42.5 Å². The van der Waals surface area contributed by atoms with E-state index in [1.54, 1.807) is 4.90 Å². The lowest BCUT2D eigenvalue weighted by Gasteiger charge is -2.41. The van der Waals surface area contributed by atoms with Crippen molar-refractivity contribution in [1.82, 2.24) is 24.9 Å². The van der Waals surface area contributed by atoms with Crippen LogP contribution in [0.3, 0.4) is 0 Å². The average Bonchev–Trinajstić information content (AvgIpc) is 3.24. The van der Waals surface area contributed by atoms with E-state index in [1.807, 2.05) is 53.1 Å². The number of piperidine rings is 2. The quantitative estimate of drug-likeness (QED) is 0.495. The first-order valence-corrected chi connectivity index (χ1v) is 16.8. The van der Waals surface area contributed by atoms with Crippen LogP contribution in [-0.4, -0.2) is 115 Å². The number of nitrogens with zero attached hydrogens (tertiary/aromatic N) is 4. The smallest absolute Gasteiger partial charge is 0.410 e. The van der Waals surface area contributed by atoms with Crippen LogP contribution in [0.25, 0.3) is 0 Å². The molecular formula is C34H45ClN6O4. The number of fused-ring (bicyclic) bond motifs is 1. The number of anilines is 1. The molecular weight excluding hydrogens is 592 g/mol. The largest absolute Gasteiger partial charge is 0.436 e. The van der Waals surface area contributed by atoms with Crippen LogP contribution in [0.4, 0.5) is 15.3 Å². The lowest BCUT2D eigenvalue weighted by Crippen LogP contribution is -2.54. The molecule has 4 amide bonds. The van der Waals surface area contributed by atoms with Crippen molar-refractivity contribution in [2.75, 3.05) is 64.2 Å². The Morgan fingerprint density at radius 2 is 1.60 bits per heavy atom. The second-order valence-corrected chi connectivity index (χ2v) is 13.2. The summed E-state index contributed by atoms with van der Waals surface area (Å²) in [5.74, 6) is -0.144. The highest BCUT2D eigenvalue weighted by Crippen LogP contribution is 2.26. The van der Waals surface area contributed by atoms with Gasteiger partial charge in [0.1, 0.15) is 0 Å². The van der Waals surface area contributed by atoms with Gasteiger partial charge in [0.25, 0.3) is 5.91 Å². The highest BCUT2D eigenvalue weighted by Gasteiger charge is 2.36. The molecule has 4 aliphatic heterocycles. The Morgan fingerprint density at radius 1 is 0.911 bits per heavy atom. The van der Waals surface area contributed by atoms with Crippen molar-refractivity contribution >= 4 is 35.3 Å². The Labute approximate surface area is 271 Å². The molecule has 0 bridgehead atoms. The number of nitrogens with one attached hydrogen (secondary N) is 2. The van der Waals surface area contributed by atoms with Crippen LogP contribution in [0.2, 0.25) is 5.02 Å². The van der Waals surface area contributed by atoms with Crippen molar-refractivity contribution in [3.8, 4) is 0 Å². The van der Waals surface area contributed by atoms with Crippen LogP contribution in [-0.2, 0) is 22.4 Å². The van der Waals surface area contributed by atoms with Gasteiger partial charge in [-0.2, -0.15) is 0 Å². The number of likely N-dealkylation sites (tertiary alicyclic amines) is 2. The minimum atomic E-state index is -0.931. The van der Waals surface area contributed by atoms with Crippen LogP contribution in [0, 0.1) is 6.92 Å². The Hall–Kier alpha value is -3.34. The number of para-hydroxylation sites is 1. The first-order valence-electron chi connectivity index (χ1n) is 16.5. The summed E-state index contributed by atoms with van der Waals surface area (Å²) in [6, 6.07) is 14.1. The molecule has 4 aliphatic rings. The summed E-state index contributed by atoms with van der Waals surface area (Å²) in [6.07, 6.45) is 2.81. The molecule has 0 saturated carbocycles. The van der Waals surface area contributed by atoms with Gasteiger partial charge in [0.2, 0.25) is 0 Å².